The summed E-state index contributed by atoms with van der Waals surface area (Å²) in [6.07, 6.45) is 6.96. The van der Waals surface area contributed by atoms with Gasteiger partial charge >= 0.3 is 0 Å². The maximum Gasteiger partial charge on any atom is 0.0280 e. The molecule has 3 heteroatoms. The Bertz CT molecular complexity index is 285. The lowest BCUT2D eigenvalue weighted by atomic mass is 9.83. The molecule has 3 rings (SSSR count). The third-order valence-corrected chi connectivity index (χ3v) is 5.46. The van der Waals surface area contributed by atoms with E-state index in [-0.39, 0.29) is 0 Å². The van der Waals surface area contributed by atoms with Crippen LogP contribution in [0.5, 0.6) is 0 Å². The fourth-order valence-corrected chi connectivity index (χ4v) is 4.46. The minimum atomic E-state index is 0.396. The summed E-state index contributed by atoms with van der Waals surface area (Å²) in [6.45, 7) is 8.87. The first kappa shape index (κ1) is 12.9. The van der Waals surface area contributed by atoms with Crippen LogP contribution in [0.1, 0.15) is 39.0 Å². The summed E-state index contributed by atoms with van der Waals surface area (Å²) < 4.78 is 0. The molecule has 104 valence electrons. The topological polar surface area (TPSA) is 18.5 Å². The van der Waals surface area contributed by atoms with Gasteiger partial charge in [0.25, 0.3) is 0 Å². The van der Waals surface area contributed by atoms with Crippen LogP contribution in [0.4, 0.5) is 0 Å². The molecule has 0 spiro atoms. The molecule has 0 aliphatic carbocycles. The van der Waals surface area contributed by atoms with E-state index >= 15 is 0 Å². The minimum absolute atomic E-state index is 0.396. The lowest BCUT2D eigenvalue weighted by Gasteiger charge is -2.47. The molecular formula is C15H29N3. The van der Waals surface area contributed by atoms with Crippen LogP contribution in [0.3, 0.4) is 0 Å². The highest BCUT2D eigenvalue weighted by atomic mass is 15.2. The van der Waals surface area contributed by atoms with E-state index < -0.39 is 0 Å². The number of nitrogens with zero attached hydrogens (tertiary/aromatic N) is 2. The monoisotopic (exact) mass is 251 g/mol. The second kappa shape index (κ2) is 5.10. The van der Waals surface area contributed by atoms with Gasteiger partial charge in [-0.2, -0.15) is 0 Å². The van der Waals surface area contributed by atoms with Gasteiger partial charge in [-0.15, -0.1) is 0 Å². The Morgan fingerprint density at radius 3 is 2.89 bits per heavy atom. The SMILES string of the molecule is CN1CCCC2CN(CC3(C)CCCN3)CCC21. The van der Waals surface area contributed by atoms with Crippen LogP contribution in [-0.4, -0.2) is 61.2 Å². The molecule has 3 atom stereocenters. The average Bonchev–Trinajstić information content (AvgIpc) is 2.76. The van der Waals surface area contributed by atoms with Crippen LogP contribution in [-0.2, 0) is 0 Å². The standard InChI is InChI=1S/C15H29N3/c1-15(7-4-8-16-15)12-18-10-6-14-13(11-18)5-3-9-17(14)2/h13-14,16H,3-12H2,1-2H3. The molecule has 0 saturated carbocycles. The Morgan fingerprint density at radius 1 is 1.22 bits per heavy atom. The summed E-state index contributed by atoms with van der Waals surface area (Å²) in [5.74, 6) is 0.933. The number of piperidine rings is 2. The van der Waals surface area contributed by atoms with Crippen LogP contribution < -0.4 is 5.32 Å². The highest BCUT2D eigenvalue weighted by Gasteiger charge is 2.37. The molecule has 3 heterocycles. The third-order valence-electron chi connectivity index (χ3n) is 5.46. The summed E-state index contributed by atoms with van der Waals surface area (Å²) in [6, 6.07) is 0.874. The van der Waals surface area contributed by atoms with E-state index in [1.807, 2.05) is 0 Å². The van der Waals surface area contributed by atoms with Crippen molar-refractivity contribution in [2.45, 2.75) is 50.6 Å². The van der Waals surface area contributed by atoms with Gasteiger partial charge in [0.05, 0.1) is 0 Å². The van der Waals surface area contributed by atoms with Crippen LogP contribution in [0, 0.1) is 5.92 Å². The van der Waals surface area contributed by atoms with Gasteiger partial charge in [-0.3, -0.25) is 0 Å². The van der Waals surface area contributed by atoms with Crippen molar-refractivity contribution in [2.24, 2.45) is 5.92 Å². The first-order valence-corrected chi connectivity index (χ1v) is 7.84. The van der Waals surface area contributed by atoms with Crippen molar-refractivity contribution < 1.29 is 0 Å². The molecule has 0 radical (unpaired) electrons. The summed E-state index contributed by atoms with van der Waals surface area (Å²) in [5.41, 5.74) is 0.396. The average molecular weight is 251 g/mol. The molecule has 3 aliphatic rings. The lowest BCUT2D eigenvalue weighted by molar-refractivity contribution is 0.0292. The molecule has 0 aromatic rings. The molecule has 3 aliphatic heterocycles. The third kappa shape index (κ3) is 2.59. The molecule has 0 bridgehead atoms. The zero-order valence-corrected chi connectivity index (χ0v) is 12.1. The fraction of sp³-hybridized carbons (Fsp3) is 1.00. The van der Waals surface area contributed by atoms with Gasteiger partial charge in [-0.25, -0.2) is 0 Å². The minimum Gasteiger partial charge on any atom is -0.310 e. The number of rotatable bonds is 2. The Kier molecular flexibility index (Phi) is 3.65. The molecule has 3 nitrogen and oxygen atoms in total. The van der Waals surface area contributed by atoms with Crippen molar-refractivity contribution in [1.82, 2.24) is 15.1 Å². The van der Waals surface area contributed by atoms with Crippen molar-refractivity contribution in [3.05, 3.63) is 0 Å². The van der Waals surface area contributed by atoms with Crippen molar-refractivity contribution in [2.75, 3.05) is 39.8 Å². The maximum absolute atomic E-state index is 3.71. The summed E-state index contributed by atoms with van der Waals surface area (Å²) in [7, 11) is 2.33. The predicted molar refractivity (Wildman–Crippen MR) is 75.8 cm³/mol. The molecule has 3 unspecified atom stereocenters. The maximum atomic E-state index is 3.71. The van der Waals surface area contributed by atoms with E-state index in [1.54, 1.807) is 0 Å². The highest BCUT2D eigenvalue weighted by molar-refractivity contribution is 4.95. The highest BCUT2D eigenvalue weighted by Crippen LogP contribution is 2.31. The Balaban J connectivity index is 1.57. The van der Waals surface area contributed by atoms with E-state index in [0.717, 1.165) is 12.0 Å². The van der Waals surface area contributed by atoms with Gasteiger partial charge in [0, 0.05) is 24.7 Å². The number of likely N-dealkylation sites (tertiary alicyclic amines) is 2. The van der Waals surface area contributed by atoms with E-state index in [9.17, 15) is 0 Å². The van der Waals surface area contributed by atoms with Crippen molar-refractivity contribution in [3.8, 4) is 0 Å². The Labute approximate surface area is 112 Å². The van der Waals surface area contributed by atoms with Crippen molar-refractivity contribution in [1.29, 1.82) is 0 Å². The zero-order chi connectivity index (χ0) is 12.6. The smallest absolute Gasteiger partial charge is 0.0280 e. The van der Waals surface area contributed by atoms with E-state index in [2.05, 4.69) is 29.1 Å². The lowest BCUT2D eigenvalue weighted by Crippen LogP contribution is -2.56. The van der Waals surface area contributed by atoms with Gasteiger partial charge in [-0.1, -0.05) is 0 Å². The summed E-state index contributed by atoms with van der Waals surface area (Å²) in [4.78, 5) is 5.35. The number of hydrogen-bond acceptors (Lipinski definition) is 3. The molecule has 3 saturated heterocycles. The van der Waals surface area contributed by atoms with Gasteiger partial charge in [-0.05, 0) is 71.6 Å². The van der Waals surface area contributed by atoms with Crippen molar-refractivity contribution >= 4 is 0 Å². The first-order chi connectivity index (χ1) is 8.66. The molecule has 0 aromatic heterocycles. The van der Waals surface area contributed by atoms with Crippen LogP contribution in [0.25, 0.3) is 0 Å². The quantitative estimate of drug-likeness (QED) is 0.803. The van der Waals surface area contributed by atoms with Gasteiger partial charge in [0.1, 0.15) is 0 Å². The van der Waals surface area contributed by atoms with Crippen LogP contribution in [0.15, 0.2) is 0 Å². The number of hydrogen-bond donors (Lipinski definition) is 1. The molecule has 0 amide bonds. The Hall–Kier alpha value is -0.120. The molecule has 3 fully saturated rings. The van der Waals surface area contributed by atoms with Gasteiger partial charge in [0.2, 0.25) is 0 Å². The molecule has 18 heavy (non-hydrogen) atoms. The van der Waals surface area contributed by atoms with Crippen molar-refractivity contribution in [3.63, 3.8) is 0 Å². The summed E-state index contributed by atoms with van der Waals surface area (Å²) in [5, 5.41) is 3.71. The largest absolute Gasteiger partial charge is 0.310 e. The summed E-state index contributed by atoms with van der Waals surface area (Å²) >= 11 is 0. The van der Waals surface area contributed by atoms with Crippen LogP contribution in [0.2, 0.25) is 0 Å². The number of nitrogens with one attached hydrogen (secondary N) is 1. The molecular weight excluding hydrogens is 222 g/mol. The second-order valence-electron chi connectivity index (χ2n) is 7.07. The second-order valence-corrected chi connectivity index (χ2v) is 7.07. The number of fused-ring (bicyclic) bond motifs is 1. The normalized spacial score (nSPS) is 43.0. The van der Waals surface area contributed by atoms with Crippen LogP contribution >= 0.6 is 0 Å². The predicted octanol–water partition coefficient (Wildman–Crippen LogP) is 1.54. The molecule has 1 N–H and O–H groups in total. The van der Waals surface area contributed by atoms with E-state index in [1.165, 1.54) is 64.8 Å². The zero-order valence-electron chi connectivity index (χ0n) is 12.1. The first-order valence-electron chi connectivity index (χ1n) is 7.84. The van der Waals surface area contributed by atoms with Gasteiger partial charge in [0.15, 0.2) is 0 Å². The van der Waals surface area contributed by atoms with Gasteiger partial charge < -0.3 is 15.1 Å². The molecule has 0 aromatic carbocycles. The Morgan fingerprint density at radius 2 is 2.11 bits per heavy atom. The fourth-order valence-electron chi connectivity index (χ4n) is 4.46. The van der Waals surface area contributed by atoms with E-state index in [4.69, 9.17) is 0 Å². The van der Waals surface area contributed by atoms with E-state index in [0.29, 0.717) is 5.54 Å².